The van der Waals surface area contributed by atoms with E-state index in [-0.39, 0.29) is 0 Å². The molecule has 0 aliphatic rings. The van der Waals surface area contributed by atoms with Crippen molar-refractivity contribution in [3.05, 3.63) is 0 Å². The van der Waals surface area contributed by atoms with E-state index in [1.807, 2.05) is 0 Å². The van der Waals surface area contributed by atoms with Gasteiger partial charge in [0.25, 0.3) is 0 Å². The molecule has 4 nitrogen and oxygen atoms in total. The summed E-state index contributed by atoms with van der Waals surface area (Å²) in [6.45, 7) is 10.5. The molecule has 0 heterocycles. The third-order valence-corrected chi connectivity index (χ3v) is 2.73. The van der Waals surface area contributed by atoms with Gasteiger partial charge in [0.1, 0.15) is 0 Å². The van der Waals surface area contributed by atoms with Gasteiger partial charge in [-0.2, -0.15) is 0 Å². The molecule has 0 aromatic carbocycles. The number of carbonyl (C=O) groups is 2. The normalized spacial score (nSPS) is 16.6. The minimum atomic E-state index is -1.05. The molecule has 0 fully saturated rings. The highest BCUT2D eigenvalue weighted by molar-refractivity contribution is 5.81. The van der Waals surface area contributed by atoms with Gasteiger partial charge >= 0.3 is 11.9 Å². The van der Waals surface area contributed by atoms with E-state index in [1.54, 1.807) is 41.5 Å². The zero-order valence-electron chi connectivity index (χ0n) is 10.9. The van der Waals surface area contributed by atoms with Crippen molar-refractivity contribution in [2.45, 2.75) is 41.5 Å². The second kappa shape index (κ2) is 4.44. The molecule has 0 unspecified atom stereocenters. The first-order valence-electron chi connectivity index (χ1n) is 5.34. The van der Waals surface area contributed by atoms with E-state index in [9.17, 15) is 19.8 Å². The van der Waals surface area contributed by atoms with Crippen LogP contribution in [0.4, 0.5) is 0 Å². The van der Waals surface area contributed by atoms with E-state index in [0.717, 1.165) is 0 Å². The smallest absolute Gasteiger partial charge is 0.307 e. The Morgan fingerprint density at radius 3 is 1.00 bits per heavy atom. The van der Waals surface area contributed by atoms with Crippen LogP contribution in [0, 0.1) is 22.7 Å². The van der Waals surface area contributed by atoms with Gasteiger partial charge in [-0.1, -0.05) is 41.5 Å². The Balaban J connectivity index is 5.48. The number of carboxylic acids is 2. The predicted octanol–water partition coefficient (Wildman–Crippen LogP) is 2.48. The second-order valence-electron chi connectivity index (χ2n) is 6.36. The summed E-state index contributed by atoms with van der Waals surface area (Å²) in [4.78, 5) is 22.6. The molecular formula is C12H22O4. The minimum Gasteiger partial charge on any atom is -0.481 e. The highest BCUT2D eigenvalue weighted by Gasteiger charge is 2.47. The van der Waals surface area contributed by atoms with Crippen molar-refractivity contribution < 1.29 is 19.8 Å². The molecule has 0 aromatic heterocycles. The predicted molar refractivity (Wildman–Crippen MR) is 61.2 cm³/mol. The van der Waals surface area contributed by atoms with Crippen molar-refractivity contribution >= 4 is 11.9 Å². The lowest BCUT2D eigenvalue weighted by Crippen LogP contribution is -2.45. The molecule has 0 aliphatic heterocycles. The van der Waals surface area contributed by atoms with Crippen LogP contribution >= 0.6 is 0 Å². The highest BCUT2D eigenvalue weighted by Crippen LogP contribution is 2.41. The number of rotatable bonds is 3. The first kappa shape index (κ1) is 14.9. The lowest BCUT2D eigenvalue weighted by Gasteiger charge is -2.38. The van der Waals surface area contributed by atoms with Crippen LogP contribution in [-0.2, 0) is 9.59 Å². The third-order valence-electron chi connectivity index (χ3n) is 2.73. The first-order chi connectivity index (χ1) is 6.89. The highest BCUT2D eigenvalue weighted by atomic mass is 16.4. The molecule has 0 saturated heterocycles. The summed E-state index contributed by atoms with van der Waals surface area (Å²) < 4.78 is 0. The van der Waals surface area contributed by atoms with Gasteiger partial charge in [-0.05, 0) is 10.8 Å². The molecule has 2 atom stereocenters. The standard InChI is InChI=1S/C12H22O4/c1-11(2,3)7(9(13)14)8(10(15)16)12(4,5)6/h7-8H,1-6H3,(H,13,14)(H,15,16)/t7-,8+. The summed E-state index contributed by atoms with van der Waals surface area (Å²) in [5, 5.41) is 18.5. The fourth-order valence-electron chi connectivity index (χ4n) is 2.03. The molecule has 0 radical (unpaired) electrons. The molecule has 0 aromatic rings. The molecule has 0 spiro atoms. The van der Waals surface area contributed by atoms with Crippen LogP contribution < -0.4 is 0 Å². The van der Waals surface area contributed by atoms with Crippen LogP contribution in [0.25, 0.3) is 0 Å². The number of carboxylic acid groups (broad SMARTS) is 2. The third kappa shape index (κ3) is 3.51. The maximum absolute atomic E-state index is 11.3. The van der Waals surface area contributed by atoms with E-state index in [1.165, 1.54) is 0 Å². The summed E-state index contributed by atoms with van der Waals surface area (Å²) in [7, 11) is 0. The quantitative estimate of drug-likeness (QED) is 0.781. The summed E-state index contributed by atoms with van der Waals surface area (Å²) in [6, 6.07) is 0. The molecule has 0 amide bonds. The van der Waals surface area contributed by atoms with E-state index in [4.69, 9.17) is 0 Å². The van der Waals surface area contributed by atoms with E-state index in [2.05, 4.69) is 0 Å². The molecular weight excluding hydrogens is 208 g/mol. The second-order valence-corrected chi connectivity index (χ2v) is 6.36. The van der Waals surface area contributed by atoms with Crippen LogP contribution in [0.5, 0.6) is 0 Å². The molecule has 94 valence electrons. The zero-order valence-corrected chi connectivity index (χ0v) is 10.9. The van der Waals surface area contributed by atoms with Crippen LogP contribution in [0.15, 0.2) is 0 Å². The maximum atomic E-state index is 11.3. The van der Waals surface area contributed by atoms with Crippen molar-refractivity contribution in [2.24, 2.45) is 22.7 Å². The Labute approximate surface area is 96.7 Å². The topological polar surface area (TPSA) is 74.6 Å². The Hall–Kier alpha value is -1.06. The van der Waals surface area contributed by atoms with E-state index < -0.39 is 34.6 Å². The molecule has 0 saturated carbocycles. The fourth-order valence-corrected chi connectivity index (χ4v) is 2.03. The average Bonchev–Trinajstić information content (AvgIpc) is 1.92. The summed E-state index contributed by atoms with van der Waals surface area (Å²) in [5.74, 6) is -3.89. The largest absolute Gasteiger partial charge is 0.481 e. The Morgan fingerprint density at radius 2 is 0.938 bits per heavy atom. The first-order valence-corrected chi connectivity index (χ1v) is 5.34. The average molecular weight is 230 g/mol. The summed E-state index contributed by atoms with van der Waals surface area (Å²) >= 11 is 0. The summed E-state index contributed by atoms with van der Waals surface area (Å²) in [5.41, 5.74) is -1.16. The maximum Gasteiger partial charge on any atom is 0.307 e. The zero-order chi connectivity index (χ0) is 13.3. The monoisotopic (exact) mass is 230 g/mol. The van der Waals surface area contributed by atoms with Crippen molar-refractivity contribution in [3.8, 4) is 0 Å². The van der Waals surface area contributed by atoms with Gasteiger partial charge in [-0.25, -0.2) is 0 Å². The molecule has 0 rings (SSSR count). The minimum absolute atomic E-state index is 0.581. The Bertz CT molecular complexity index is 250. The van der Waals surface area contributed by atoms with Crippen LogP contribution in [0.2, 0.25) is 0 Å². The van der Waals surface area contributed by atoms with E-state index in [0.29, 0.717) is 0 Å². The van der Waals surface area contributed by atoms with Crippen LogP contribution in [0.3, 0.4) is 0 Å². The van der Waals surface area contributed by atoms with Gasteiger partial charge < -0.3 is 10.2 Å². The fraction of sp³-hybridized carbons (Fsp3) is 0.833. The van der Waals surface area contributed by atoms with Crippen LogP contribution in [0.1, 0.15) is 41.5 Å². The molecule has 0 aliphatic carbocycles. The Kier molecular flexibility index (Phi) is 4.14. The van der Waals surface area contributed by atoms with Gasteiger partial charge in [0.15, 0.2) is 0 Å². The number of aliphatic carboxylic acids is 2. The van der Waals surface area contributed by atoms with Crippen molar-refractivity contribution in [1.29, 1.82) is 0 Å². The SMILES string of the molecule is CC(C)(C)[C@H](C(=O)O)[C@H](C(=O)O)C(C)(C)C. The van der Waals surface area contributed by atoms with Gasteiger partial charge in [0.2, 0.25) is 0 Å². The molecule has 16 heavy (non-hydrogen) atoms. The van der Waals surface area contributed by atoms with Crippen molar-refractivity contribution in [1.82, 2.24) is 0 Å². The van der Waals surface area contributed by atoms with E-state index >= 15 is 0 Å². The van der Waals surface area contributed by atoms with Gasteiger partial charge in [-0.3, -0.25) is 9.59 Å². The van der Waals surface area contributed by atoms with Crippen molar-refractivity contribution in [3.63, 3.8) is 0 Å². The molecule has 2 N–H and O–H groups in total. The lowest BCUT2D eigenvalue weighted by atomic mass is 9.64. The van der Waals surface area contributed by atoms with Gasteiger partial charge in [0, 0.05) is 0 Å². The van der Waals surface area contributed by atoms with Gasteiger partial charge in [-0.15, -0.1) is 0 Å². The summed E-state index contributed by atoms with van der Waals surface area (Å²) in [6.07, 6.45) is 0. The van der Waals surface area contributed by atoms with Crippen LogP contribution in [-0.4, -0.2) is 22.2 Å². The molecule has 4 heteroatoms. The number of hydrogen-bond acceptors (Lipinski definition) is 2. The lowest BCUT2D eigenvalue weighted by molar-refractivity contribution is -0.163. The number of hydrogen-bond donors (Lipinski definition) is 2. The van der Waals surface area contributed by atoms with Crippen molar-refractivity contribution in [2.75, 3.05) is 0 Å². The Morgan fingerprint density at radius 1 is 0.750 bits per heavy atom. The van der Waals surface area contributed by atoms with Gasteiger partial charge in [0.05, 0.1) is 11.8 Å². The molecule has 0 bridgehead atoms.